The van der Waals surface area contributed by atoms with Gasteiger partial charge in [-0.1, -0.05) is 15.9 Å². The normalized spacial score (nSPS) is 15.0. The smallest absolute Gasteiger partial charge is 0.112 e. The van der Waals surface area contributed by atoms with Crippen LogP contribution >= 0.6 is 15.9 Å². The third-order valence-electron chi connectivity index (χ3n) is 1.13. The summed E-state index contributed by atoms with van der Waals surface area (Å²) in [6.45, 7) is 6.40. The molecule has 68 valence electrons. The van der Waals surface area contributed by atoms with E-state index in [2.05, 4.69) is 15.9 Å². The van der Waals surface area contributed by atoms with Crippen molar-refractivity contribution in [3.63, 3.8) is 0 Å². The lowest BCUT2D eigenvalue weighted by molar-refractivity contribution is -0.00989. The average Bonchev–Trinajstić information content (AvgIpc) is 1.85. The number of rotatable bonds is 4. The molecule has 0 aliphatic carbocycles. The molecule has 3 heteroatoms. The minimum atomic E-state index is -0.780. The SMILES string of the molecule is CC(C)(C)OCC[C@H](F)CBr. The van der Waals surface area contributed by atoms with Gasteiger partial charge in [0.25, 0.3) is 0 Å². The Hall–Kier alpha value is 0.370. The van der Waals surface area contributed by atoms with E-state index in [0.29, 0.717) is 18.4 Å². The van der Waals surface area contributed by atoms with Crippen LogP contribution in [0.4, 0.5) is 4.39 Å². The van der Waals surface area contributed by atoms with Crippen molar-refractivity contribution < 1.29 is 9.13 Å². The Morgan fingerprint density at radius 3 is 2.36 bits per heavy atom. The Bertz CT molecular complexity index is 101. The number of alkyl halides is 2. The molecule has 0 rings (SSSR count). The molecule has 0 aliphatic heterocycles. The lowest BCUT2D eigenvalue weighted by Gasteiger charge is -2.19. The fraction of sp³-hybridized carbons (Fsp3) is 1.00. The molecular weight excluding hydrogens is 211 g/mol. The number of hydrogen-bond acceptors (Lipinski definition) is 1. The summed E-state index contributed by atoms with van der Waals surface area (Å²) >= 11 is 3.06. The minimum absolute atomic E-state index is 0.147. The van der Waals surface area contributed by atoms with Crippen molar-refractivity contribution in [1.29, 1.82) is 0 Å². The summed E-state index contributed by atoms with van der Waals surface area (Å²) in [5.41, 5.74) is -0.147. The van der Waals surface area contributed by atoms with Crippen LogP contribution in [0.3, 0.4) is 0 Å². The zero-order chi connectivity index (χ0) is 8.91. The van der Waals surface area contributed by atoms with E-state index in [0.717, 1.165) is 0 Å². The number of ether oxygens (including phenoxy) is 1. The molecule has 0 saturated carbocycles. The van der Waals surface area contributed by atoms with E-state index >= 15 is 0 Å². The van der Waals surface area contributed by atoms with E-state index in [1.54, 1.807) is 0 Å². The average molecular weight is 227 g/mol. The monoisotopic (exact) mass is 226 g/mol. The quantitative estimate of drug-likeness (QED) is 0.671. The molecule has 0 amide bonds. The summed E-state index contributed by atoms with van der Waals surface area (Å²) in [6, 6.07) is 0. The van der Waals surface area contributed by atoms with Gasteiger partial charge in [0.2, 0.25) is 0 Å². The van der Waals surface area contributed by atoms with Gasteiger partial charge in [0.05, 0.1) is 12.2 Å². The van der Waals surface area contributed by atoms with E-state index in [1.165, 1.54) is 0 Å². The molecule has 0 fully saturated rings. The Morgan fingerprint density at radius 2 is 2.00 bits per heavy atom. The van der Waals surface area contributed by atoms with Crippen molar-refractivity contribution in [2.45, 2.75) is 39.0 Å². The second kappa shape index (κ2) is 5.09. The zero-order valence-corrected chi connectivity index (χ0v) is 8.95. The second-order valence-corrected chi connectivity index (χ2v) is 4.15. The van der Waals surface area contributed by atoms with Crippen molar-refractivity contribution in [2.24, 2.45) is 0 Å². The molecule has 0 aromatic rings. The van der Waals surface area contributed by atoms with Crippen LogP contribution in [-0.4, -0.2) is 23.7 Å². The Labute approximate surface area is 76.4 Å². The first-order valence-corrected chi connectivity index (χ1v) is 4.92. The van der Waals surface area contributed by atoms with Gasteiger partial charge in [-0.05, 0) is 20.8 Å². The summed E-state index contributed by atoms with van der Waals surface area (Å²) in [7, 11) is 0. The predicted molar refractivity (Wildman–Crippen MR) is 49.0 cm³/mol. The molecule has 0 aromatic heterocycles. The number of hydrogen-bond donors (Lipinski definition) is 0. The fourth-order valence-electron chi connectivity index (χ4n) is 0.570. The molecule has 1 nitrogen and oxygen atoms in total. The molecule has 0 heterocycles. The maximum atomic E-state index is 12.6. The van der Waals surface area contributed by atoms with Crippen LogP contribution < -0.4 is 0 Å². The topological polar surface area (TPSA) is 9.23 Å². The van der Waals surface area contributed by atoms with Crippen LogP contribution in [0.25, 0.3) is 0 Å². The first kappa shape index (κ1) is 11.4. The maximum absolute atomic E-state index is 12.6. The maximum Gasteiger partial charge on any atom is 0.112 e. The van der Waals surface area contributed by atoms with Gasteiger partial charge in [0, 0.05) is 11.8 Å². The summed E-state index contributed by atoms with van der Waals surface area (Å²) in [4.78, 5) is 0. The van der Waals surface area contributed by atoms with Gasteiger partial charge in [0.1, 0.15) is 6.17 Å². The van der Waals surface area contributed by atoms with Crippen LogP contribution in [-0.2, 0) is 4.74 Å². The highest BCUT2D eigenvalue weighted by Crippen LogP contribution is 2.09. The summed E-state index contributed by atoms with van der Waals surface area (Å²) in [6.07, 6.45) is -0.306. The predicted octanol–water partition coefficient (Wildman–Crippen LogP) is 2.92. The van der Waals surface area contributed by atoms with Crippen LogP contribution in [0.1, 0.15) is 27.2 Å². The van der Waals surface area contributed by atoms with Crippen molar-refractivity contribution >= 4 is 15.9 Å². The number of halogens is 2. The molecule has 0 N–H and O–H groups in total. The molecule has 0 saturated heterocycles. The lowest BCUT2D eigenvalue weighted by atomic mass is 10.2. The van der Waals surface area contributed by atoms with Crippen molar-refractivity contribution in [2.75, 3.05) is 11.9 Å². The van der Waals surface area contributed by atoms with Crippen LogP contribution in [0.2, 0.25) is 0 Å². The Kier molecular flexibility index (Phi) is 5.26. The highest BCUT2D eigenvalue weighted by atomic mass is 79.9. The minimum Gasteiger partial charge on any atom is -0.376 e. The largest absolute Gasteiger partial charge is 0.376 e. The van der Waals surface area contributed by atoms with Gasteiger partial charge in [-0.3, -0.25) is 0 Å². The molecule has 0 bridgehead atoms. The first-order valence-electron chi connectivity index (χ1n) is 3.79. The molecular formula is C8H16BrFO. The first-order chi connectivity index (χ1) is 4.95. The molecule has 0 aliphatic rings. The summed E-state index contributed by atoms with van der Waals surface area (Å²) in [5.74, 6) is 0. The van der Waals surface area contributed by atoms with Crippen LogP contribution in [0, 0.1) is 0 Å². The Morgan fingerprint density at radius 1 is 1.45 bits per heavy atom. The van der Waals surface area contributed by atoms with Crippen LogP contribution in [0.5, 0.6) is 0 Å². The van der Waals surface area contributed by atoms with Crippen LogP contribution in [0.15, 0.2) is 0 Å². The zero-order valence-electron chi connectivity index (χ0n) is 7.36. The molecule has 11 heavy (non-hydrogen) atoms. The van der Waals surface area contributed by atoms with Gasteiger partial charge in [-0.2, -0.15) is 0 Å². The standard InChI is InChI=1S/C8H16BrFO/c1-8(2,3)11-5-4-7(10)6-9/h7H,4-6H2,1-3H3/t7-/m0/s1. The lowest BCUT2D eigenvalue weighted by Crippen LogP contribution is -2.21. The highest BCUT2D eigenvalue weighted by molar-refractivity contribution is 9.09. The third-order valence-corrected chi connectivity index (χ3v) is 1.84. The van der Waals surface area contributed by atoms with E-state index in [1.807, 2.05) is 20.8 Å². The fourth-order valence-corrected chi connectivity index (χ4v) is 0.894. The van der Waals surface area contributed by atoms with Crippen molar-refractivity contribution in [3.05, 3.63) is 0 Å². The second-order valence-electron chi connectivity index (χ2n) is 3.50. The Balaban J connectivity index is 3.28. The van der Waals surface area contributed by atoms with E-state index in [4.69, 9.17) is 4.74 Å². The molecule has 1 atom stereocenters. The van der Waals surface area contributed by atoms with Gasteiger partial charge in [-0.15, -0.1) is 0 Å². The molecule has 0 aromatic carbocycles. The summed E-state index contributed by atoms with van der Waals surface area (Å²) < 4.78 is 17.9. The van der Waals surface area contributed by atoms with Gasteiger partial charge < -0.3 is 4.74 Å². The third kappa shape index (κ3) is 8.27. The van der Waals surface area contributed by atoms with Crippen molar-refractivity contribution in [3.8, 4) is 0 Å². The van der Waals surface area contributed by atoms with E-state index in [-0.39, 0.29) is 5.60 Å². The molecule has 0 radical (unpaired) electrons. The van der Waals surface area contributed by atoms with Gasteiger partial charge in [0.15, 0.2) is 0 Å². The van der Waals surface area contributed by atoms with E-state index < -0.39 is 6.17 Å². The summed E-state index contributed by atoms with van der Waals surface area (Å²) in [5, 5.41) is 0.403. The van der Waals surface area contributed by atoms with Gasteiger partial charge in [-0.25, -0.2) is 4.39 Å². The van der Waals surface area contributed by atoms with Crippen molar-refractivity contribution in [1.82, 2.24) is 0 Å². The van der Waals surface area contributed by atoms with Gasteiger partial charge >= 0.3 is 0 Å². The molecule has 0 spiro atoms. The highest BCUT2D eigenvalue weighted by Gasteiger charge is 2.11. The van der Waals surface area contributed by atoms with E-state index in [9.17, 15) is 4.39 Å². The molecule has 0 unspecified atom stereocenters.